The first-order chi connectivity index (χ1) is 14.1. The Labute approximate surface area is 171 Å². The van der Waals surface area contributed by atoms with Crippen molar-refractivity contribution in [2.24, 2.45) is 0 Å². The van der Waals surface area contributed by atoms with Gasteiger partial charge in [-0.05, 0) is 48.5 Å². The maximum atomic E-state index is 12.8. The number of carbonyl (C=O) groups is 2. The van der Waals surface area contributed by atoms with Gasteiger partial charge in [-0.3, -0.25) is 14.9 Å². The van der Waals surface area contributed by atoms with Crippen LogP contribution in [0.3, 0.4) is 0 Å². The second kappa shape index (κ2) is 8.12. The molecule has 0 radical (unpaired) electrons. The summed E-state index contributed by atoms with van der Waals surface area (Å²) in [5.41, 5.74) is 2.07. The molecule has 6 nitrogen and oxygen atoms in total. The van der Waals surface area contributed by atoms with Crippen molar-refractivity contribution < 1.29 is 14.3 Å². The van der Waals surface area contributed by atoms with E-state index in [1.165, 1.54) is 11.3 Å². The Morgan fingerprint density at radius 3 is 2.34 bits per heavy atom. The molecular weight excluding hydrogens is 386 g/mol. The molecule has 3 aromatic carbocycles. The van der Waals surface area contributed by atoms with Crippen LogP contribution in [0.2, 0.25) is 0 Å². The summed E-state index contributed by atoms with van der Waals surface area (Å²) in [6, 6.07) is 21.3. The van der Waals surface area contributed by atoms with Crippen LogP contribution in [0.5, 0.6) is 5.75 Å². The third kappa shape index (κ3) is 4.09. The molecule has 0 saturated heterocycles. The Hall–Kier alpha value is -3.71. The highest BCUT2D eigenvalue weighted by molar-refractivity contribution is 7.22. The number of aromatic nitrogens is 1. The lowest BCUT2D eigenvalue weighted by Crippen LogP contribution is -2.18. The number of thiazole rings is 1. The van der Waals surface area contributed by atoms with Crippen LogP contribution in [0.4, 0.5) is 10.8 Å². The van der Waals surface area contributed by atoms with E-state index in [0.717, 1.165) is 10.2 Å². The van der Waals surface area contributed by atoms with Gasteiger partial charge in [-0.25, -0.2) is 4.98 Å². The Morgan fingerprint density at radius 1 is 0.862 bits per heavy atom. The molecule has 0 saturated carbocycles. The molecule has 29 heavy (non-hydrogen) atoms. The van der Waals surface area contributed by atoms with E-state index in [1.807, 2.05) is 24.3 Å². The minimum absolute atomic E-state index is 0.312. The second-order valence-corrected chi connectivity index (χ2v) is 7.20. The lowest BCUT2D eigenvalue weighted by atomic mass is 10.1. The third-order valence-electron chi connectivity index (χ3n) is 4.29. The number of nitrogens with one attached hydrogen (secondary N) is 2. The SMILES string of the molecule is COc1ccc(C(=O)Nc2ccccc2C(=O)Nc2nc3ccccc3s2)cc1. The maximum absolute atomic E-state index is 12.8. The molecule has 0 fully saturated rings. The van der Waals surface area contributed by atoms with Crippen molar-refractivity contribution >= 4 is 44.2 Å². The van der Waals surface area contributed by atoms with E-state index in [4.69, 9.17) is 4.74 Å². The summed E-state index contributed by atoms with van der Waals surface area (Å²) in [7, 11) is 1.56. The Balaban J connectivity index is 1.53. The molecular formula is C22H17N3O3S. The molecule has 1 heterocycles. The van der Waals surface area contributed by atoms with Gasteiger partial charge < -0.3 is 10.1 Å². The number of benzene rings is 3. The van der Waals surface area contributed by atoms with Crippen molar-refractivity contribution in [2.45, 2.75) is 0 Å². The van der Waals surface area contributed by atoms with E-state index in [-0.39, 0.29) is 11.8 Å². The van der Waals surface area contributed by atoms with Crippen molar-refractivity contribution in [2.75, 3.05) is 17.7 Å². The number of hydrogen-bond donors (Lipinski definition) is 2. The molecule has 2 N–H and O–H groups in total. The molecule has 1 aromatic heterocycles. The van der Waals surface area contributed by atoms with Crippen LogP contribution in [-0.2, 0) is 0 Å². The Morgan fingerprint density at radius 2 is 1.59 bits per heavy atom. The quantitative estimate of drug-likeness (QED) is 0.501. The largest absolute Gasteiger partial charge is 0.497 e. The number of hydrogen-bond acceptors (Lipinski definition) is 5. The standard InChI is InChI=1S/C22H17N3O3S/c1-28-15-12-10-14(11-13-15)20(26)23-17-7-3-2-6-16(17)21(27)25-22-24-18-8-4-5-9-19(18)29-22/h2-13H,1H3,(H,23,26)(H,24,25,27). The van der Waals surface area contributed by atoms with Crippen molar-refractivity contribution in [3.05, 3.63) is 83.9 Å². The van der Waals surface area contributed by atoms with E-state index in [2.05, 4.69) is 15.6 Å². The van der Waals surface area contributed by atoms with Crippen LogP contribution in [-0.4, -0.2) is 23.9 Å². The molecule has 0 spiro atoms. The van der Waals surface area contributed by atoms with Gasteiger partial charge >= 0.3 is 0 Å². The number of amides is 2. The smallest absolute Gasteiger partial charge is 0.259 e. The summed E-state index contributed by atoms with van der Waals surface area (Å²) in [5.74, 6) is 0.0136. The average Bonchev–Trinajstić information content (AvgIpc) is 3.16. The number of fused-ring (bicyclic) bond motifs is 1. The van der Waals surface area contributed by atoms with E-state index < -0.39 is 0 Å². The van der Waals surface area contributed by atoms with E-state index in [0.29, 0.717) is 27.7 Å². The van der Waals surface area contributed by atoms with Crippen LogP contribution < -0.4 is 15.4 Å². The normalized spacial score (nSPS) is 10.5. The molecule has 0 aliphatic carbocycles. The first-order valence-corrected chi connectivity index (χ1v) is 9.67. The van der Waals surface area contributed by atoms with E-state index >= 15 is 0 Å². The minimum atomic E-state index is -0.338. The highest BCUT2D eigenvalue weighted by Gasteiger charge is 2.16. The number of methoxy groups -OCH3 is 1. The number of para-hydroxylation sites is 2. The molecule has 0 atom stereocenters. The van der Waals surface area contributed by atoms with Gasteiger partial charge in [0.25, 0.3) is 11.8 Å². The highest BCUT2D eigenvalue weighted by atomic mass is 32.1. The number of nitrogens with zero attached hydrogens (tertiary/aromatic N) is 1. The molecule has 0 bridgehead atoms. The van der Waals surface area contributed by atoms with Crippen LogP contribution in [0, 0.1) is 0 Å². The van der Waals surface area contributed by atoms with E-state index in [1.54, 1.807) is 55.6 Å². The Bertz CT molecular complexity index is 1150. The Kier molecular flexibility index (Phi) is 5.22. The van der Waals surface area contributed by atoms with Gasteiger partial charge in [0.05, 0.1) is 28.6 Å². The van der Waals surface area contributed by atoms with Gasteiger partial charge in [0, 0.05) is 5.56 Å². The predicted molar refractivity (Wildman–Crippen MR) is 115 cm³/mol. The first-order valence-electron chi connectivity index (χ1n) is 8.85. The summed E-state index contributed by atoms with van der Waals surface area (Å²) in [4.78, 5) is 29.8. The zero-order valence-electron chi connectivity index (χ0n) is 15.5. The number of ether oxygens (including phenoxy) is 1. The molecule has 4 aromatic rings. The van der Waals surface area contributed by atoms with Crippen LogP contribution in [0.15, 0.2) is 72.8 Å². The zero-order chi connectivity index (χ0) is 20.2. The predicted octanol–water partition coefficient (Wildman–Crippen LogP) is 4.81. The topological polar surface area (TPSA) is 80.3 Å². The molecule has 0 unspecified atom stereocenters. The summed E-state index contributed by atoms with van der Waals surface area (Å²) in [6.07, 6.45) is 0. The van der Waals surface area contributed by atoms with Crippen molar-refractivity contribution in [3.63, 3.8) is 0 Å². The van der Waals surface area contributed by atoms with Crippen LogP contribution in [0.1, 0.15) is 20.7 Å². The van der Waals surface area contributed by atoms with Gasteiger partial charge in [0.15, 0.2) is 5.13 Å². The van der Waals surface area contributed by atoms with Gasteiger partial charge in [0.2, 0.25) is 0 Å². The minimum Gasteiger partial charge on any atom is -0.497 e. The second-order valence-electron chi connectivity index (χ2n) is 6.17. The zero-order valence-corrected chi connectivity index (χ0v) is 16.3. The van der Waals surface area contributed by atoms with Crippen LogP contribution in [0.25, 0.3) is 10.2 Å². The highest BCUT2D eigenvalue weighted by Crippen LogP contribution is 2.26. The average molecular weight is 403 g/mol. The monoisotopic (exact) mass is 403 g/mol. The lowest BCUT2D eigenvalue weighted by molar-refractivity contribution is 0.102. The molecule has 7 heteroatoms. The third-order valence-corrected chi connectivity index (χ3v) is 5.24. The van der Waals surface area contributed by atoms with Crippen molar-refractivity contribution in [1.82, 2.24) is 4.98 Å². The molecule has 0 aliphatic rings. The molecule has 0 aliphatic heterocycles. The molecule has 144 valence electrons. The summed E-state index contributed by atoms with van der Waals surface area (Å²) >= 11 is 1.40. The van der Waals surface area contributed by atoms with E-state index in [9.17, 15) is 9.59 Å². The summed E-state index contributed by atoms with van der Waals surface area (Å²) in [5, 5.41) is 6.12. The van der Waals surface area contributed by atoms with Gasteiger partial charge in [-0.2, -0.15) is 0 Å². The fraction of sp³-hybridized carbons (Fsp3) is 0.0455. The summed E-state index contributed by atoms with van der Waals surface area (Å²) in [6.45, 7) is 0. The van der Waals surface area contributed by atoms with Gasteiger partial charge in [-0.15, -0.1) is 0 Å². The van der Waals surface area contributed by atoms with Gasteiger partial charge in [-0.1, -0.05) is 35.6 Å². The number of rotatable bonds is 5. The van der Waals surface area contributed by atoms with Crippen LogP contribution >= 0.6 is 11.3 Å². The fourth-order valence-electron chi connectivity index (χ4n) is 2.82. The number of anilines is 2. The molecule has 4 rings (SSSR count). The first kappa shape index (κ1) is 18.6. The van der Waals surface area contributed by atoms with Gasteiger partial charge in [0.1, 0.15) is 5.75 Å². The fourth-order valence-corrected chi connectivity index (χ4v) is 3.68. The van der Waals surface area contributed by atoms with Crippen molar-refractivity contribution in [1.29, 1.82) is 0 Å². The maximum Gasteiger partial charge on any atom is 0.259 e. The lowest BCUT2D eigenvalue weighted by Gasteiger charge is -2.11. The van der Waals surface area contributed by atoms with Crippen molar-refractivity contribution in [3.8, 4) is 5.75 Å². The number of carbonyl (C=O) groups excluding carboxylic acids is 2. The summed E-state index contributed by atoms with van der Waals surface area (Å²) < 4.78 is 6.10. The molecule has 2 amide bonds.